The van der Waals surface area contributed by atoms with Crippen LogP contribution in [0.2, 0.25) is 0 Å². The van der Waals surface area contributed by atoms with Gasteiger partial charge in [0.2, 0.25) is 5.91 Å². The topological polar surface area (TPSA) is 180 Å². The second kappa shape index (κ2) is 32.8. The van der Waals surface area contributed by atoms with Gasteiger partial charge < -0.3 is 43.1 Å². The maximum atomic E-state index is 12.4. The molecule has 0 bridgehead atoms. The minimum atomic E-state index is -4.60. The van der Waals surface area contributed by atoms with Gasteiger partial charge >= 0.3 is 11.9 Å². The molecule has 1 aromatic rings. The first kappa shape index (κ1) is 53.9. The number of aryl methyl sites for hydroxylation is 2. The normalized spacial score (nSPS) is 13.0. The predicted molar refractivity (Wildman–Crippen MR) is 221 cm³/mol. The number of quaternary nitrogens is 1. The molecule has 0 aliphatic rings. The number of carboxylic acids is 1. The summed E-state index contributed by atoms with van der Waals surface area (Å²) in [6, 6.07) is 5.67. The number of carbonyl (C=O) groups excluding carboxylic acids is 4. The van der Waals surface area contributed by atoms with Crippen LogP contribution in [0.1, 0.15) is 147 Å². The van der Waals surface area contributed by atoms with Crippen LogP contribution in [-0.4, -0.2) is 81.9 Å². The molecule has 0 radical (unpaired) electrons. The molecule has 0 aromatic heterocycles. The number of amides is 1. The third-order valence-electron chi connectivity index (χ3n) is 8.61. The number of carbonyl (C=O) groups is 4. The fourth-order valence-electron chi connectivity index (χ4n) is 5.49. The molecule has 1 rings (SSSR count). The Morgan fingerprint density at radius 3 is 1.86 bits per heavy atom. The highest BCUT2D eigenvalue weighted by Crippen LogP contribution is 2.38. The number of hydrogen-bond acceptors (Lipinski definition) is 11. The summed E-state index contributed by atoms with van der Waals surface area (Å²) in [5.41, 5.74) is 2.80. The number of esters is 2. The number of likely N-dealkylation sites (N-methyl/N-ethyl adjacent to an activating group) is 1. The number of allylic oxidation sites excluding steroid dienone is 2. The number of hydrogen-bond donors (Lipinski definition) is 1. The van der Waals surface area contributed by atoms with E-state index in [4.69, 9.17) is 18.5 Å². The Morgan fingerprint density at radius 1 is 0.737 bits per heavy atom. The first-order valence-corrected chi connectivity index (χ1v) is 22.4. The molecule has 0 aliphatic carbocycles. The van der Waals surface area contributed by atoms with E-state index in [0.29, 0.717) is 29.6 Å². The van der Waals surface area contributed by atoms with Crippen molar-refractivity contribution in [1.29, 1.82) is 0 Å². The van der Waals surface area contributed by atoms with Gasteiger partial charge in [-0.25, -0.2) is 0 Å². The summed E-state index contributed by atoms with van der Waals surface area (Å²) in [6.07, 6.45) is 19.5. The lowest BCUT2D eigenvalue weighted by Crippen LogP contribution is -2.37. The number of rotatable bonds is 32. The lowest BCUT2D eigenvalue weighted by Gasteiger charge is -2.28. The minimum Gasteiger partial charge on any atom is -0.756 e. The summed E-state index contributed by atoms with van der Waals surface area (Å²) in [5, 5.41) is 12.8. The van der Waals surface area contributed by atoms with Crippen LogP contribution < -0.4 is 15.3 Å². The lowest BCUT2D eigenvalue weighted by atomic mass is 10.1. The van der Waals surface area contributed by atoms with Crippen molar-refractivity contribution in [3.63, 3.8) is 0 Å². The van der Waals surface area contributed by atoms with Crippen LogP contribution in [0.5, 0.6) is 0 Å². The number of phosphoric ester groups is 1. The molecule has 0 spiro atoms. The second-order valence-electron chi connectivity index (χ2n) is 15.6. The van der Waals surface area contributed by atoms with E-state index in [9.17, 15) is 33.7 Å². The van der Waals surface area contributed by atoms with E-state index in [1.165, 1.54) is 32.1 Å². The van der Waals surface area contributed by atoms with Crippen LogP contribution in [0.3, 0.4) is 0 Å². The van der Waals surface area contributed by atoms with E-state index in [-0.39, 0.29) is 44.8 Å². The predicted octanol–water partition coefficient (Wildman–Crippen LogP) is 7.65. The zero-order valence-corrected chi connectivity index (χ0v) is 37.0. The smallest absolute Gasteiger partial charge is 0.306 e. The largest absolute Gasteiger partial charge is 0.756 e. The van der Waals surface area contributed by atoms with Crippen molar-refractivity contribution in [2.45, 2.75) is 156 Å². The van der Waals surface area contributed by atoms with Crippen molar-refractivity contribution in [3.05, 3.63) is 41.5 Å². The highest BCUT2D eigenvalue weighted by Gasteiger charge is 2.21. The second-order valence-corrected chi connectivity index (χ2v) is 17.0. The van der Waals surface area contributed by atoms with Crippen LogP contribution in [0, 0.1) is 13.8 Å². The molecule has 0 aliphatic heterocycles. The first-order chi connectivity index (χ1) is 27.0. The van der Waals surface area contributed by atoms with Crippen LogP contribution in [-0.2, 0) is 42.3 Å². The molecule has 2 unspecified atom stereocenters. The van der Waals surface area contributed by atoms with E-state index in [1.54, 1.807) is 0 Å². The number of aliphatic carboxylic acids is 1. The van der Waals surface area contributed by atoms with Gasteiger partial charge in [-0.3, -0.25) is 18.9 Å². The molecule has 0 heterocycles. The van der Waals surface area contributed by atoms with Crippen molar-refractivity contribution < 1.29 is 56.7 Å². The Morgan fingerprint density at radius 2 is 1.30 bits per heavy atom. The van der Waals surface area contributed by atoms with Crippen LogP contribution in [0.25, 0.3) is 0 Å². The molecule has 0 saturated heterocycles. The highest BCUT2D eigenvalue weighted by atomic mass is 31.2. The van der Waals surface area contributed by atoms with E-state index in [2.05, 4.69) is 31.3 Å². The average Bonchev–Trinajstić information content (AvgIpc) is 3.11. The van der Waals surface area contributed by atoms with Crippen LogP contribution >= 0.6 is 7.82 Å². The van der Waals surface area contributed by atoms with Gasteiger partial charge in [-0.15, -0.1) is 0 Å². The zero-order valence-electron chi connectivity index (χ0n) is 36.1. The summed E-state index contributed by atoms with van der Waals surface area (Å²) in [5.74, 6) is -2.38. The standard InChI is InChI=1S/C31H60NO8P.C12H15NO3/c1-6-8-10-12-14-16-18-20-22-24-31(34)40-29(28-39-41(35,36)38-26-25-32(3,4)5)27-37-30(33)23-21-19-17-15-13-11-9-7-2;1-8-5-9(2)7-10(6-8)13-11(14)3-4-12(15)16/h9,11,29H,6-8,10,12-28H2,1-5H3;5-7H,3-4H2,1-2H3,(H,13,14)(H,15,16)/p-1/b11-9+;. The van der Waals surface area contributed by atoms with E-state index in [1.807, 2.05) is 53.2 Å². The van der Waals surface area contributed by atoms with Gasteiger partial charge in [0.05, 0.1) is 27.7 Å². The number of benzene rings is 1. The molecule has 1 aromatic carbocycles. The van der Waals surface area contributed by atoms with Crippen LogP contribution in [0.15, 0.2) is 30.4 Å². The molecule has 0 saturated carbocycles. The monoisotopic (exact) mass is 826 g/mol. The number of carboxylic acid groups (broad SMARTS) is 1. The van der Waals surface area contributed by atoms with Gasteiger partial charge in [0.1, 0.15) is 19.8 Å². The third kappa shape index (κ3) is 35.8. The van der Waals surface area contributed by atoms with Crippen molar-refractivity contribution >= 4 is 37.3 Å². The Balaban J connectivity index is 0.00000162. The average molecular weight is 826 g/mol. The van der Waals surface area contributed by atoms with Gasteiger partial charge in [-0.1, -0.05) is 96.3 Å². The molecular weight excluding hydrogens is 751 g/mol. The summed E-state index contributed by atoms with van der Waals surface area (Å²) >= 11 is 0. The minimum absolute atomic E-state index is 0.0305. The zero-order chi connectivity index (χ0) is 43.0. The highest BCUT2D eigenvalue weighted by molar-refractivity contribution is 7.45. The van der Waals surface area contributed by atoms with Crippen molar-refractivity contribution in [2.75, 3.05) is 52.8 Å². The fourth-order valence-corrected chi connectivity index (χ4v) is 6.22. The molecule has 0 fully saturated rings. The molecule has 57 heavy (non-hydrogen) atoms. The summed E-state index contributed by atoms with van der Waals surface area (Å²) in [7, 11) is 1.16. The maximum Gasteiger partial charge on any atom is 0.306 e. The summed E-state index contributed by atoms with van der Waals surface area (Å²) in [6.45, 7) is 7.90. The van der Waals surface area contributed by atoms with Crippen molar-refractivity contribution in [2.24, 2.45) is 0 Å². The van der Waals surface area contributed by atoms with Crippen molar-refractivity contribution in [1.82, 2.24) is 0 Å². The Labute approximate surface area is 343 Å². The molecule has 14 heteroatoms. The molecule has 328 valence electrons. The summed E-state index contributed by atoms with van der Waals surface area (Å²) in [4.78, 5) is 58.4. The summed E-state index contributed by atoms with van der Waals surface area (Å²) < 4.78 is 33.4. The number of unbranched alkanes of at least 4 members (excludes halogenated alkanes) is 12. The van der Waals surface area contributed by atoms with Gasteiger partial charge in [-0.05, 0) is 75.6 Å². The van der Waals surface area contributed by atoms with Gasteiger partial charge in [0, 0.05) is 30.9 Å². The Bertz CT molecular complexity index is 1330. The first-order valence-electron chi connectivity index (χ1n) is 20.9. The Hall–Kier alpha value is -3.09. The molecular formula is C43H74N2O11P-. The number of ether oxygens (including phenoxy) is 2. The molecule has 2 atom stereocenters. The van der Waals surface area contributed by atoms with E-state index < -0.39 is 38.4 Å². The van der Waals surface area contributed by atoms with Gasteiger partial charge in [0.15, 0.2) is 6.10 Å². The van der Waals surface area contributed by atoms with E-state index >= 15 is 0 Å². The van der Waals surface area contributed by atoms with Gasteiger partial charge in [-0.2, -0.15) is 0 Å². The van der Waals surface area contributed by atoms with Crippen molar-refractivity contribution in [3.8, 4) is 0 Å². The number of phosphoric acid groups is 1. The van der Waals surface area contributed by atoms with Crippen LogP contribution in [0.4, 0.5) is 5.69 Å². The molecule has 1 N–H and O–H groups in total. The number of nitrogens with one attached hydrogen (secondary N) is 1. The SMILES string of the molecule is CC/C=C/CCCCCCC(=O)OCC(COP(=O)([O-])OCC[N+](C)(C)C)OC(=O)CCCCCCCCCCC.Cc1cc(C)cc(NC(=O)CCC(=O)[O-])c1. The Kier molecular flexibility index (Phi) is 31.0. The third-order valence-corrected chi connectivity index (χ3v) is 9.57. The fraction of sp³-hybridized carbons (Fsp3) is 0.721. The maximum absolute atomic E-state index is 12.4. The molecule has 13 nitrogen and oxygen atoms in total. The molecule has 1 amide bonds. The van der Waals surface area contributed by atoms with E-state index in [0.717, 1.165) is 62.5 Å². The van der Waals surface area contributed by atoms with Gasteiger partial charge in [0.25, 0.3) is 7.82 Å². The number of nitrogens with zero attached hydrogens (tertiary/aromatic N) is 1. The number of anilines is 1. The quantitative estimate of drug-likeness (QED) is 0.0248. The lowest BCUT2D eigenvalue weighted by molar-refractivity contribution is -0.870.